The van der Waals surface area contributed by atoms with E-state index in [-0.39, 0.29) is 0 Å². The third-order valence-corrected chi connectivity index (χ3v) is 2.75. The Labute approximate surface area is 89.5 Å². The quantitative estimate of drug-likeness (QED) is 0.808. The van der Waals surface area contributed by atoms with E-state index in [0.29, 0.717) is 6.42 Å². The van der Waals surface area contributed by atoms with Gasteiger partial charge in [-0.3, -0.25) is 0 Å². The number of nitriles is 1. The average molecular weight is 198 g/mol. The van der Waals surface area contributed by atoms with E-state index in [0.717, 1.165) is 12.8 Å². The van der Waals surface area contributed by atoms with E-state index >= 15 is 0 Å². The van der Waals surface area contributed by atoms with Gasteiger partial charge in [0.15, 0.2) is 0 Å². The Morgan fingerprint density at radius 1 is 1.40 bits per heavy atom. The van der Waals surface area contributed by atoms with Gasteiger partial charge >= 0.3 is 0 Å². The molecule has 2 aromatic rings. The molecular weight excluding hydrogens is 184 g/mol. The fourth-order valence-corrected chi connectivity index (χ4v) is 1.84. The average Bonchev–Trinajstić information content (AvgIpc) is 2.68. The fourth-order valence-electron chi connectivity index (χ4n) is 1.84. The minimum atomic E-state index is 0.587. The Bertz CT molecular complexity index is 503. The van der Waals surface area contributed by atoms with Gasteiger partial charge in [-0.1, -0.05) is 13.0 Å². The number of nitrogens with one attached hydrogen (secondary N) is 1. The Balaban J connectivity index is 2.43. The molecule has 1 aromatic carbocycles. The molecule has 15 heavy (non-hydrogen) atoms. The number of fused-ring (bicyclic) bond motifs is 1. The molecule has 2 rings (SSSR count). The number of H-pyrrole nitrogens is 1. The van der Waals surface area contributed by atoms with Crippen LogP contribution >= 0.6 is 0 Å². The number of benzene rings is 1. The molecule has 1 heterocycles. The van der Waals surface area contributed by atoms with Gasteiger partial charge in [0.25, 0.3) is 0 Å². The molecule has 0 amide bonds. The largest absolute Gasteiger partial charge is 0.361 e. The topological polar surface area (TPSA) is 39.6 Å². The van der Waals surface area contributed by atoms with E-state index in [1.54, 1.807) is 0 Å². The molecule has 2 nitrogen and oxygen atoms in total. The van der Waals surface area contributed by atoms with E-state index in [9.17, 15) is 0 Å². The molecule has 0 unspecified atom stereocenters. The SMILES string of the molecule is CCc1ccc2[nH]cc(CCC#N)c2c1. The van der Waals surface area contributed by atoms with E-state index < -0.39 is 0 Å². The van der Waals surface area contributed by atoms with Crippen LogP contribution in [0.5, 0.6) is 0 Å². The molecule has 0 saturated carbocycles. The minimum Gasteiger partial charge on any atom is -0.361 e. The molecule has 0 radical (unpaired) electrons. The van der Waals surface area contributed by atoms with Crippen molar-refractivity contribution in [3.8, 4) is 6.07 Å². The van der Waals surface area contributed by atoms with Gasteiger partial charge in [-0.2, -0.15) is 5.26 Å². The predicted molar refractivity (Wildman–Crippen MR) is 61.6 cm³/mol. The second-order valence-electron chi connectivity index (χ2n) is 3.71. The fraction of sp³-hybridized carbons (Fsp3) is 0.308. The molecule has 0 aliphatic carbocycles. The standard InChI is InChI=1S/C13H14N2/c1-2-10-5-6-13-12(8-10)11(9-15-13)4-3-7-14/h5-6,8-9,15H,2-4H2,1H3. The van der Waals surface area contributed by atoms with Crippen molar-refractivity contribution in [3.05, 3.63) is 35.5 Å². The molecule has 0 bridgehead atoms. The second kappa shape index (κ2) is 4.18. The normalized spacial score (nSPS) is 10.4. The van der Waals surface area contributed by atoms with E-state index in [1.165, 1.54) is 22.0 Å². The van der Waals surface area contributed by atoms with Gasteiger partial charge < -0.3 is 4.98 Å². The van der Waals surface area contributed by atoms with Crippen LogP contribution < -0.4 is 0 Å². The van der Waals surface area contributed by atoms with Crippen LogP contribution in [0.15, 0.2) is 24.4 Å². The highest BCUT2D eigenvalue weighted by Crippen LogP contribution is 2.21. The van der Waals surface area contributed by atoms with Crippen molar-refractivity contribution >= 4 is 10.9 Å². The molecule has 2 heteroatoms. The number of aryl methyl sites for hydroxylation is 2. The number of aromatic nitrogens is 1. The Kier molecular flexibility index (Phi) is 2.73. The number of hydrogen-bond donors (Lipinski definition) is 1. The van der Waals surface area contributed by atoms with Crippen LogP contribution in [0, 0.1) is 11.3 Å². The number of rotatable bonds is 3. The zero-order valence-electron chi connectivity index (χ0n) is 8.88. The van der Waals surface area contributed by atoms with Crippen LogP contribution in [0.1, 0.15) is 24.5 Å². The first-order chi connectivity index (χ1) is 7.35. The van der Waals surface area contributed by atoms with Crippen LogP contribution in [0.2, 0.25) is 0 Å². The summed E-state index contributed by atoms with van der Waals surface area (Å²) in [6.45, 7) is 2.16. The Morgan fingerprint density at radius 2 is 2.27 bits per heavy atom. The van der Waals surface area contributed by atoms with Crippen LogP contribution in [0.4, 0.5) is 0 Å². The summed E-state index contributed by atoms with van der Waals surface area (Å²) in [5, 5.41) is 9.85. The molecule has 1 N–H and O–H groups in total. The zero-order chi connectivity index (χ0) is 10.7. The van der Waals surface area contributed by atoms with Crippen molar-refractivity contribution in [3.63, 3.8) is 0 Å². The van der Waals surface area contributed by atoms with E-state index in [1.807, 2.05) is 6.20 Å². The van der Waals surface area contributed by atoms with E-state index in [4.69, 9.17) is 5.26 Å². The maximum absolute atomic E-state index is 8.58. The van der Waals surface area contributed by atoms with Crippen LogP contribution in [-0.2, 0) is 12.8 Å². The molecule has 76 valence electrons. The second-order valence-corrected chi connectivity index (χ2v) is 3.71. The molecule has 0 aliphatic heterocycles. The van der Waals surface area contributed by atoms with Crippen LogP contribution in [-0.4, -0.2) is 4.98 Å². The third kappa shape index (κ3) is 1.87. The van der Waals surface area contributed by atoms with Gasteiger partial charge in [0.1, 0.15) is 0 Å². The predicted octanol–water partition coefficient (Wildman–Crippen LogP) is 3.19. The summed E-state index contributed by atoms with van der Waals surface area (Å²) < 4.78 is 0. The van der Waals surface area contributed by atoms with E-state index in [2.05, 4.69) is 36.2 Å². The summed E-state index contributed by atoms with van der Waals surface area (Å²) in [5.41, 5.74) is 3.77. The monoisotopic (exact) mass is 198 g/mol. The van der Waals surface area contributed by atoms with Crippen molar-refractivity contribution in [2.45, 2.75) is 26.2 Å². The summed E-state index contributed by atoms with van der Waals surface area (Å²) in [5.74, 6) is 0. The molecular formula is C13H14N2. The van der Waals surface area contributed by atoms with Gasteiger partial charge in [-0.05, 0) is 36.1 Å². The molecule has 0 aliphatic rings. The molecule has 0 fully saturated rings. The lowest BCUT2D eigenvalue weighted by atomic mass is 10.1. The smallest absolute Gasteiger partial charge is 0.0625 e. The molecule has 1 aromatic heterocycles. The van der Waals surface area contributed by atoms with Gasteiger partial charge in [0.2, 0.25) is 0 Å². The first-order valence-electron chi connectivity index (χ1n) is 5.31. The highest BCUT2D eigenvalue weighted by molar-refractivity contribution is 5.83. The Morgan fingerprint density at radius 3 is 3.00 bits per heavy atom. The summed E-state index contributed by atoms with van der Waals surface area (Å²) in [7, 11) is 0. The minimum absolute atomic E-state index is 0.587. The van der Waals surface area contributed by atoms with Crippen molar-refractivity contribution in [2.75, 3.05) is 0 Å². The van der Waals surface area contributed by atoms with Crippen LogP contribution in [0.3, 0.4) is 0 Å². The lowest BCUT2D eigenvalue weighted by Gasteiger charge is -1.98. The van der Waals surface area contributed by atoms with Crippen molar-refractivity contribution < 1.29 is 0 Å². The van der Waals surface area contributed by atoms with Crippen molar-refractivity contribution in [1.82, 2.24) is 4.98 Å². The first-order valence-corrected chi connectivity index (χ1v) is 5.31. The van der Waals surface area contributed by atoms with Gasteiger partial charge in [-0.15, -0.1) is 0 Å². The third-order valence-electron chi connectivity index (χ3n) is 2.75. The first kappa shape index (κ1) is 9.79. The maximum Gasteiger partial charge on any atom is 0.0625 e. The van der Waals surface area contributed by atoms with Crippen molar-refractivity contribution in [2.24, 2.45) is 0 Å². The van der Waals surface area contributed by atoms with Gasteiger partial charge in [0, 0.05) is 23.5 Å². The highest BCUT2D eigenvalue weighted by atomic mass is 14.7. The lowest BCUT2D eigenvalue weighted by molar-refractivity contribution is 1.02. The zero-order valence-corrected chi connectivity index (χ0v) is 8.88. The van der Waals surface area contributed by atoms with Crippen molar-refractivity contribution in [1.29, 1.82) is 5.26 Å². The molecule has 0 saturated heterocycles. The maximum atomic E-state index is 8.58. The summed E-state index contributed by atoms with van der Waals surface area (Å²) >= 11 is 0. The molecule has 0 spiro atoms. The van der Waals surface area contributed by atoms with Crippen LogP contribution in [0.25, 0.3) is 10.9 Å². The van der Waals surface area contributed by atoms with Gasteiger partial charge in [0.05, 0.1) is 6.07 Å². The van der Waals surface area contributed by atoms with Gasteiger partial charge in [-0.25, -0.2) is 0 Å². The summed E-state index contributed by atoms with van der Waals surface area (Å²) in [4.78, 5) is 3.24. The Hall–Kier alpha value is -1.75. The highest BCUT2D eigenvalue weighted by Gasteiger charge is 2.03. The molecule has 0 atom stereocenters. The number of aromatic amines is 1. The summed E-state index contributed by atoms with van der Waals surface area (Å²) in [6, 6.07) is 8.67. The number of nitrogens with zero attached hydrogens (tertiary/aromatic N) is 1. The number of hydrogen-bond acceptors (Lipinski definition) is 1. The summed E-state index contributed by atoms with van der Waals surface area (Å²) in [6.07, 6.45) is 4.49. The lowest BCUT2D eigenvalue weighted by Crippen LogP contribution is -1.83.